The molecule has 0 aromatic heterocycles. The Morgan fingerprint density at radius 3 is 2.17 bits per heavy atom. The van der Waals surface area contributed by atoms with Crippen molar-refractivity contribution < 1.29 is 0 Å². The van der Waals surface area contributed by atoms with Gasteiger partial charge in [0.25, 0.3) is 0 Å². The molecule has 0 aliphatic heterocycles. The summed E-state index contributed by atoms with van der Waals surface area (Å²) in [6, 6.07) is 8.58. The molecule has 2 N–H and O–H groups in total. The molecule has 2 unspecified atom stereocenters. The van der Waals surface area contributed by atoms with Crippen molar-refractivity contribution in [3.05, 3.63) is 29.8 Å². The number of hydrogen-bond acceptors (Lipinski definition) is 1. The Balaban J connectivity index is 1.77. The van der Waals surface area contributed by atoms with Crippen LogP contribution in [0.25, 0.3) is 0 Å². The summed E-state index contributed by atoms with van der Waals surface area (Å²) in [5, 5.41) is 0. The number of halogens is 1. The van der Waals surface area contributed by atoms with E-state index in [0.717, 1.165) is 17.5 Å². The van der Waals surface area contributed by atoms with Crippen molar-refractivity contribution in [2.45, 2.75) is 48.8 Å². The molecule has 4 bridgehead atoms. The zero-order valence-corrected chi connectivity index (χ0v) is 11.4. The van der Waals surface area contributed by atoms with Gasteiger partial charge in [-0.15, -0.1) is 11.6 Å². The van der Waals surface area contributed by atoms with Gasteiger partial charge >= 0.3 is 0 Å². The van der Waals surface area contributed by atoms with E-state index in [2.05, 4.69) is 24.3 Å². The summed E-state index contributed by atoms with van der Waals surface area (Å²) < 4.78 is 0. The van der Waals surface area contributed by atoms with Crippen molar-refractivity contribution in [1.82, 2.24) is 0 Å². The monoisotopic (exact) mass is 261 g/mol. The number of rotatable bonds is 1. The van der Waals surface area contributed by atoms with Crippen molar-refractivity contribution in [2.75, 3.05) is 5.73 Å². The minimum absolute atomic E-state index is 0.103. The average Bonchev–Trinajstić information content (AvgIpc) is 2.26. The van der Waals surface area contributed by atoms with Gasteiger partial charge < -0.3 is 5.73 Å². The number of hydrogen-bond donors (Lipinski definition) is 1. The number of alkyl halides is 1. The van der Waals surface area contributed by atoms with Gasteiger partial charge in [0.2, 0.25) is 0 Å². The van der Waals surface area contributed by atoms with Gasteiger partial charge in [0, 0.05) is 10.6 Å². The molecule has 0 saturated heterocycles. The fraction of sp³-hybridized carbons (Fsp3) is 0.625. The van der Waals surface area contributed by atoms with Crippen LogP contribution in [0.4, 0.5) is 5.69 Å². The molecule has 2 atom stereocenters. The molecular formula is C16H20ClN. The van der Waals surface area contributed by atoms with Crippen molar-refractivity contribution in [3.63, 3.8) is 0 Å². The molecular weight excluding hydrogens is 242 g/mol. The van der Waals surface area contributed by atoms with Crippen LogP contribution in [0.2, 0.25) is 0 Å². The van der Waals surface area contributed by atoms with Gasteiger partial charge in [0.1, 0.15) is 0 Å². The summed E-state index contributed by atoms with van der Waals surface area (Å²) in [7, 11) is 0. The van der Waals surface area contributed by atoms with Crippen LogP contribution in [0, 0.1) is 11.8 Å². The Morgan fingerprint density at radius 2 is 1.61 bits per heavy atom. The SMILES string of the molecule is Nc1ccc(C23CC4CC(CC(Cl)(C4)C2)C3)cc1. The van der Waals surface area contributed by atoms with E-state index < -0.39 is 0 Å². The minimum Gasteiger partial charge on any atom is -0.399 e. The van der Waals surface area contributed by atoms with Crippen molar-refractivity contribution in [3.8, 4) is 0 Å². The third-order valence-corrected chi connectivity index (χ3v) is 5.95. The molecule has 5 rings (SSSR count). The highest BCUT2D eigenvalue weighted by molar-refractivity contribution is 6.24. The predicted molar refractivity (Wildman–Crippen MR) is 75.8 cm³/mol. The van der Waals surface area contributed by atoms with Gasteiger partial charge in [-0.2, -0.15) is 0 Å². The van der Waals surface area contributed by atoms with Gasteiger partial charge in [-0.1, -0.05) is 12.1 Å². The lowest BCUT2D eigenvalue weighted by atomic mass is 9.47. The summed E-state index contributed by atoms with van der Waals surface area (Å²) in [5.74, 6) is 1.72. The van der Waals surface area contributed by atoms with Crippen LogP contribution in [0.1, 0.15) is 44.1 Å². The topological polar surface area (TPSA) is 26.0 Å². The lowest BCUT2D eigenvalue weighted by molar-refractivity contribution is 0.00900. The Morgan fingerprint density at radius 1 is 1.00 bits per heavy atom. The molecule has 1 nitrogen and oxygen atoms in total. The molecule has 0 amide bonds. The Kier molecular flexibility index (Phi) is 2.14. The molecule has 18 heavy (non-hydrogen) atoms. The van der Waals surface area contributed by atoms with E-state index >= 15 is 0 Å². The second-order valence-electron chi connectivity index (χ2n) is 7.01. The van der Waals surface area contributed by atoms with Crippen LogP contribution in [0.15, 0.2) is 24.3 Å². The number of benzene rings is 1. The smallest absolute Gasteiger partial charge is 0.0460 e. The molecule has 4 aliphatic rings. The van der Waals surface area contributed by atoms with E-state index in [-0.39, 0.29) is 4.87 Å². The van der Waals surface area contributed by atoms with Crippen LogP contribution in [-0.2, 0) is 5.41 Å². The van der Waals surface area contributed by atoms with Gasteiger partial charge in [-0.3, -0.25) is 0 Å². The lowest BCUT2D eigenvalue weighted by Crippen LogP contribution is -2.55. The third kappa shape index (κ3) is 1.53. The van der Waals surface area contributed by atoms with E-state index in [1.165, 1.54) is 44.1 Å². The highest BCUT2D eigenvalue weighted by Crippen LogP contribution is 2.64. The zero-order valence-electron chi connectivity index (χ0n) is 10.7. The van der Waals surface area contributed by atoms with Crippen LogP contribution in [0.5, 0.6) is 0 Å². The average molecular weight is 262 g/mol. The standard InChI is InChI=1S/C16H20ClN/c17-16-8-11-5-12(9-16)7-15(6-11,10-16)13-1-3-14(18)4-2-13/h1-4,11-12H,5-10,18H2. The lowest BCUT2D eigenvalue weighted by Gasteiger charge is -2.60. The van der Waals surface area contributed by atoms with Crippen LogP contribution >= 0.6 is 11.6 Å². The van der Waals surface area contributed by atoms with Crippen LogP contribution in [-0.4, -0.2) is 4.87 Å². The molecule has 0 heterocycles. The Hall–Kier alpha value is -0.690. The quantitative estimate of drug-likeness (QED) is 0.598. The maximum absolute atomic E-state index is 6.88. The van der Waals surface area contributed by atoms with E-state index in [9.17, 15) is 0 Å². The molecule has 96 valence electrons. The number of nitrogen functional groups attached to an aromatic ring is 1. The van der Waals surface area contributed by atoms with E-state index in [0.29, 0.717) is 5.41 Å². The van der Waals surface area contributed by atoms with Gasteiger partial charge in [0.15, 0.2) is 0 Å². The summed E-state index contributed by atoms with van der Waals surface area (Å²) in [5.41, 5.74) is 8.53. The Bertz CT molecular complexity index is 464. The van der Waals surface area contributed by atoms with Gasteiger partial charge in [0.05, 0.1) is 0 Å². The second-order valence-corrected chi connectivity index (χ2v) is 7.82. The highest BCUT2D eigenvalue weighted by atomic mass is 35.5. The van der Waals surface area contributed by atoms with E-state index in [4.69, 9.17) is 17.3 Å². The number of anilines is 1. The molecule has 4 saturated carbocycles. The highest BCUT2D eigenvalue weighted by Gasteiger charge is 2.57. The van der Waals surface area contributed by atoms with E-state index in [1.54, 1.807) is 0 Å². The van der Waals surface area contributed by atoms with Gasteiger partial charge in [-0.05, 0) is 73.5 Å². The maximum atomic E-state index is 6.88. The third-order valence-electron chi connectivity index (χ3n) is 5.51. The van der Waals surface area contributed by atoms with Crippen molar-refractivity contribution in [1.29, 1.82) is 0 Å². The fourth-order valence-corrected chi connectivity index (χ4v) is 6.02. The van der Waals surface area contributed by atoms with Crippen molar-refractivity contribution in [2.24, 2.45) is 11.8 Å². The van der Waals surface area contributed by atoms with Crippen LogP contribution in [0.3, 0.4) is 0 Å². The summed E-state index contributed by atoms with van der Waals surface area (Å²) in [6.07, 6.45) is 7.80. The van der Waals surface area contributed by atoms with Crippen molar-refractivity contribution >= 4 is 17.3 Å². The molecule has 0 radical (unpaired) electrons. The largest absolute Gasteiger partial charge is 0.399 e. The first-order valence-corrected chi connectivity index (χ1v) is 7.50. The second kappa shape index (κ2) is 3.45. The van der Waals surface area contributed by atoms with E-state index in [1.807, 2.05) is 0 Å². The van der Waals surface area contributed by atoms with Crippen LogP contribution < -0.4 is 5.73 Å². The Labute approximate surface area is 114 Å². The summed E-state index contributed by atoms with van der Waals surface area (Å²) in [4.78, 5) is 0.103. The zero-order chi connectivity index (χ0) is 12.4. The maximum Gasteiger partial charge on any atom is 0.0460 e. The first-order chi connectivity index (χ1) is 8.57. The summed E-state index contributed by atoms with van der Waals surface area (Å²) in [6.45, 7) is 0. The first kappa shape index (κ1) is 11.2. The fourth-order valence-electron chi connectivity index (χ4n) is 5.33. The normalized spacial score (nSPS) is 45.4. The molecule has 0 spiro atoms. The molecule has 1 aromatic rings. The minimum atomic E-state index is 0.103. The number of nitrogens with two attached hydrogens (primary N) is 1. The first-order valence-electron chi connectivity index (χ1n) is 7.12. The molecule has 4 fully saturated rings. The molecule has 4 aliphatic carbocycles. The molecule has 1 aromatic carbocycles. The van der Waals surface area contributed by atoms with Gasteiger partial charge in [-0.25, -0.2) is 0 Å². The molecule has 2 heteroatoms. The predicted octanol–water partition coefficient (Wildman–Crippen LogP) is 4.10. The summed E-state index contributed by atoms with van der Waals surface area (Å²) >= 11 is 6.88.